The number of hydrogen-bond acceptors (Lipinski definition) is 4. The number of nitrogens with two attached hydrogens (primary N) is 1. The summed E-state index contributed by atoms with van der Waals surface area (Å²) in [5, 5.41) is 17.9. The minimum absolute atomic E-state index is 0.208. The largest absolute Gasteiger partial charge is 0.376 e. The summed E-state index contributed by atoms with van der Waals surface area (Å²) >= 11 is 0. The third-order valence-corrected chi connectivity index (χ3v) is 8.59. The van der Waals surface area contributed by atoms with Crippen molar-refractivity contribution in [3.05, 3.63) is 28.3 Å². The average Bonchev–Trinajstić information content (AvgIpc) is 2.66. The zero-order chi connectivity index (χ0) is 21.0. The van der Waals surface area contributed by atoms with E-state index in [1.54, 1.807) is 6.07 Å². The molecule has 0 aromatic heterocycles. The lowest BCUT2D eigenvalue weighted by molar-refractivity contribution is -0.716. The second kappa shape index (κ2) is 7.40. The Morgan fingerprint density at radius 3 is 2.20 bits per heavy atom. The normalized spacial score (nSPS) is 38.5. The van der Waals surface area contributed by atoms with Gasteiger partial charge in [-0.2, -0.15) is 0 Å². The summed E-state index contributed by atoms with van der Waals surface area (Å²) in [5.41, 5.74) is 2.34. The number of rotatable bonds is 5. The summed E-state index contributed by atoms with van der Waals surface area (Å²) in [6, 6.07) is 7.02. The van der Waals surface area contributed by atoms with Crippen molar-refractivity contribution < 1.29 is 10.2 Å². The molecule has 1 saturated heterocycles. The summed E-state index contributed by atoms with van der Waals surface area (Å²) in [6.07, 6.45) is 8.17. The third-order valence-electron chi connectivity index (χ3n) is 8.59. The van der Waals surface area contributed by atoms with Gasteiger partial charge in [-0.05, 0) is 94.6 Å². The van der Waals surface area contributed by atoms with Gasteiger partial charge < -0.3 is 15.5 Å². The zero-order valence-electron chi connectivity index (χ0n) is 18.6. The molecule has 4 saturated carbocycles. The Morgan fingerprint density at radius 2 is 1.67 bits per heavy atom. The first kappa shape index (κ1) is 20.1. The van der Waals surface area contributed by atoms with E-state index in [-0.39, 0.29) is 16.7 Å². The second-order valence-corrected chi connectivity index (χ2v) is 11.2. The predicted octanol–water partition coefficient (Wildman–Crippen LogP) is 3.77. The van der Waals surface area contributed by atoms with E-state index in [2.05, 4.69) is 36.3 Å². The molecule has 0 radical (unpaired) electrons. The Labute approximate surface area is 179 Å². The fourth-order valence-electron chi connectivity index (χ4n) is 7.75. The van der Waals surface area contributed by atoms with E-state index >= 15 is 0 Å². The summed E-state index contributed by atoms with van der Waals surface area (Å²) in [7, 11) is 0. The van der Waals surface area contributed by atoms with E-state index in [1.807, 2.05) is 12.1 Å². The topological polar surface area (TPSA) is 75.0 Å². The number of hydrogen-bond donors (Lipinski definition) is 2. The van der Waals surface area contributed by atoms with Gasteiger partial charge in [0.05, 0.1) is 18.0 Å². The first-order valence-corrected chi connectivity index (χ1v) is 12.0. The molecule has 3 N–H and O–H groups in total. The van der Waals surface area contributed by atoms with Crippen LogP contribution in [0.2, 0.25) is 0 Å². The number of nitrogens with one attached hydrogen (secondary N) is 1. The van der Waals surface area contributed by atoms with Crippen LogP contribution >= 0.6 is 0 Å². The minimum Gasteiger partial charge on any atom is -0.376 e. The van der Waals surface area contributed by atoms with Crippen LogP contribution in [0.4, 0.5) is 17.1 Å². The molecule has 0 amide bonds. The summed E-state index contributed by atoms with van der Waals surface area (Å²) < 4.78 is 0. The van der Waals surface area contributed by atoms with Gasteiger partial charge in [0.15, 0.2) is 0 Å². The highest BCUT2D eigenvalue weighted by atomic mass is 16.6. The second-order valence-electron chi connectivity index (χ2n) is 11.2. The summed E-state index contributed by atoms with van der Waals surface area (Å²) in [6.45, 7) is 8.74. The molecule has 6 heteroatoms. The van der Waals surface area contributed by atoms with E-state index in [0.717, 1.165) is 36.5 Å². The van der Waals surface area contributed by atoms with Gasteiger partial charge >= 0.3 is 0 Å². The van der Waals surface area contributed by atoms with Crippen LogP contribution < -0.4 is 15.5 Å². The van der Waals surface area contributed by atoms with Crippen molar-refractivity contribution in [1.29, 1.82) is 0 Å². The number of nitro groups is 1. The molecule has 1 aromatic rings. The lowest BCUT2D eigenvalue weighted by Gasteiger charge is -2.59. The number of nitro benzene ring substituents is 1. The van der Waals surface area contributed by atoms with Crippen LogP contribution in [0.3, 0.4) is 0 Å². The fraction of sp³-hybridized carbons (Fsp3) is 0.750. The van der Waals surface area contributed by atoms with Crippen LogP contribution in [0, 0.1) is 33.3 Å². The number of anilines is 2. The highest BCUT2D eigenvalue weighted by Crippen LogP contribution is 2.61. The Morgan fingerprint density at radius 1 is 1.10 bits per heavy atom. The first-order valence-electron chi connectivity index (χ1n) is 12.0. The van der Waals surface area contributed by atoms with Crippen molar-refractivity contribution >= 4 is 17.1 Å². The van der Waals surface area contributed by atoms with Crippen molar-refractivity contribution in [3.63, 3.8) is 0 Å². The molecule has 0 spiro atoms. The average molecular weight is 414 g/mol. The van der Waals surface area contributed by atoms with Crippen molar-refractivity contribution in [1.82, 2.24) is 0 Å². The molecule has 30 heavy (non-hydrogen) atoms. The van der Waals surface area contributed by atoms with Crippen molar-refractivity contribution in [2.45, 2.75) is 77.4 Å². The van der Waals surface area contributed by atoms with Gasteiger partial charge in [-0.3, -0.25) is 10.1 Å². The van der Waals surface area contributed by atoms with E-state index in [4.69, 9.17) is 0 Å². The zero-order valence-corrected chi connectivity index (χ0v) is 18.6. The summed E-state index contributed by atoms with van der Waals surface area (Å²) in [5.74, 6) is 2.65. The molecule has 3 atom stereocenters. The maximum atomic E-state index is 11.8. The Hall–Kier alpha value is -1.82. The van der Waals surface area contributed by atoms with Gasteiger partial charge in [-0.15, -0.1) is 0 Å². The van der Waals surface area contributed by atoms with Crippen LogP contribution in [0.1, 0.15) is 59.3 Å². The molecule has 1 aliphatic heterocycles. The molecule has 6 nitrogen and oxygen atoms in total. The molecular formula is C24H37N4O2+. The van der Waals surface area contributed by atoms with Gasteiger partial charge in [-0.25, -0.2) is 0 Å². The van der Waals surface area contributed by atoms with Crippen LogP contribution in [-0.2, 0) is 0 Å². The molecule has 4 bridgehead atoms. The smallest absolute Gasteiger partial charge is 0.292 e. The molecule has 1 aromatic carbocycles. The van der Waals surface area contributed by atoms with E-state index < -0.39 is 0 Å². The maximum Gasteiger partial charge on any atom is 0.292 e. The Bertz CT molecular complexity index is 780. The maximum absolute atomic E-state index is 11.8. The summed E-state index contributed by atoms with van der Waals surface area (Å²) in [4.78, 5) is 13.9. The lowest BCUT2D eigenvalue weighted by Crippen LogP contribution is -2.99. The standard InChI is InChI=1S/C24H36N4O2/c1-15-13-27(14-16(2)25-15)21-4-5-23(28(29)30)22(9-21)26-17(3)24-10-18-6-19(11-24)8-20(7-18)12-24/h4-5,9,15-20,25-26H,6-8,10-14H2,1-3H3/p+1/t15-,16-,17+,18?,19?,20?,24?/m1/s1. The van der Waals surface area contributed by atoms with E-state index in [1.165, 1.54) is 38.5 Å². The van der Waals surface area contributed by atoms with Crippen LogP contribution in [0.25, 0.3) is 0 Å². The molecule has 4 aliphatic carbocycles. The molecule has 164 valence electrons. The molecule has 6 rings (SSSR count). The van der Waals surface area contributed by atoms with Gasteiger partial charge in [0.1, 0.15) is 17.8 Å². The Balaban J connectivity index is 1.41. The minimum atomic E-state index is -0.228. The SMILES string of the molecule is C[C@@H]1CN(c2ccc([N+](=O)[O-])c(N[C@@H](C)C34CC5CC(CC(C5)C3)C4)c2)C[C@@H](C)[NH2+]1. The molecule has 0 unspecified atom stereocenters. The predicted molar refractivity (Wildman–Crippen MR) is 120 cm³/mol. The van der Waals surface area contributed by atoms with Gasteiger partial charge in [0.25, 0.3) is 5.69 Å². The highest BCUT2D eigenvalue weighted by molar-refractivity contribution is 5.69. The van der Waals surface area contributed by atoms with Crippen molar-refractivity contribution in [2.75, 3.05) is 23.3 Å². The van der Waals surface area contributed by atoms with Crippen LogP contribution in [0.15, 0.2) is 18.2 Å². The number of quaternary nitrogens is 1. The van der Waals surface area contributed by atoms with Crippen molar-refractivity contribution in [2.24, 2.45) is 23.2 Å². The quantitative estimate of drug-likeness (QED) is 0.569. The number of benzene rings is 1. The lowest BCUT2D eigenvalue weighted by atomic mass is 9.48. The van der Waals surface area contributed by atoms with Gasteiger partial charge in [-0.1, -0.05) is 0 Å². The number of nitrogens with zero attached hydrogens (tertiary/aromatic N) is 2. The Kier molecular flexibility index (Phi) is 4.96. The van der Waals surface area contributed by atoms with Crippen LogP contribution in [0.5, 0.6) is 0 Å². The fourth-order valence-corrected chi connectivity index (χ4v) is 7.75. The molecule has 1 heterocycles. The van der Waals surface area contributed by atoms with Gasteiger partial charge in [0.2, 0.25) is 0 Å². The van der Waals surface area contributed by atoms with Crippen LogP contribution in [-0.4, -0.2) is 36.1 Å². The molecule has 5 aliphatic rings. The highest BCUT2D eigenvalue weighted by Gasteiger charge is 2.53. The molecular weight excluding hydrogens is 376 g/mol. The third kappa shape index (κ3) is 3.57. The van der Waals surface area contributed by atoms with E-state index in [9.17, 15) is 10.1 Å². The molecule has 5 fully saturated rings. The van der Waals surface area contributed by atoms with Gasteiger partial charge in [0, 0.05) is 17.8 Å². The number of piperazine rings is 1. The van der Waals surface area contributed by atoms with Crippen molar-refractivity contribution in [3.8, 4) is 0 Å². The van der Waals surface area contributed by atoms with E-state index in [0.29, 0.717) is 23.2 Å². The monoisotopic (exact) mass is 413 g/mol. The first-order chi connectivity index (χ1) is 14.3.